The van der Waals surface area contributed by atoms with Crippen LogP contribution in [0.25, 0.3) is 44.3 Å². The van der Waals surface area contributed by atoms with Crippen molar-refractivity contribution in [2.45, 2.75) is 86.5 Å². The summed E-state index contributed by atoms with van der Waals surface area (Å²) in [4.78, 5) is 16.1. The number of rotatable bonds is 6. The van der Waals surface area contributed by atoms with E-state index in [1.54, 1.807) is 0 Å². The fourth-order valence-corrected chi connectivity index (χ4v) is 5.48. The van der Waals surface area contributed by atoms with Crippen molar-refractivity contribution in [2.75, 3.05) is 0 Å². The number of aliphatic hydroxyl groups excluding tert-OH is 1. The van der Waals surface area contributed by atoms with Crippen LogP contribution in [0.5, 0.6) is 0 Å². The molecule has 0 amide bonds. The zero-order valence-electron chi connectivity index (χ0n) is 27.1. The smallest absolute Gasteiger partial charge is 0.159 e. The van der Waals surface area contributed by atoms with E-state index in [2.05, 4.69) is 95.3 Å². The van der Waals surface area contributed by atoms with Gasteiger partial charge >= 0.3 is 0 Å². The molecule has 0 aliphatic heterocycles. The Balaban J connectivity index is 0.000000310. The van der Waals surface area contributed by atoms with E-state index in [0.717, 1.165) is 11.3 Å². The average molecular weight is 753 g/mol. The maximum Gasteiger partial charge on any atom is 0.159 e. The van der Waals surface area contributed by atoms with Gasteiger partial charge in [-0.15, -0.1) is 29.3 Å². The number of carbonyl (C=O) groups is 1. The largest absolute Gasteiger partial charge is 0.512 e. The molecule has 0 bridgehead atoms. The van der Waals surface area contributed by atoms with Crippen LogP contribution in [0.15, 0.2) is 72.6 Å². The van der Waals surface area contributed by atoms with Crippen molar-refractivity contribution in [1.29, 1.82) is 0 Å². The Kier molecular flexibility index (Phi) is 11.3. The molecule has 0 atom stereocenters. The maximum absolute atomic E-state index is 11.2. The second kappa shape index (κ2) is 14.1. The summed E-state index contributed by atoms with van der Waals surface area (Å²) in [5.74, 6) is 1.44. The molecule has 1 aliphatic rings. The van der Waals surface area contributed by atoms with Gasteiger partial charge in [0.25, 0.3) is 0 Å². The van der Waals surface area contributed by atoms with Gasteiger partial charge in [0.05, 0.1) is 5.76 Å². The molecule has 43 heavy (non-hydrogen) atoms. The number of ketones is 1. The Morgan fingerprint density at radius 2 is 1.51 bits per heavy atom. The summed E-state index contributed by atoms with van der Waals surface area (Å²) < 4.78 is 0. The Morgan fingerprint density at radius 3 is 2.09 bits per heavy atom. The fraction of sp³-hybridized carbons (Fsp3) is 0.385. The second-order valence-electron chi connectivity index (χ2n) is 13.8. The molecule has 0 fully saturated rings. The summed E-state index contributed by atoms with van der Waals surface area (Å²) in [5.41, 5.74) is 9.96. The van der Waals surface area contributed by atoms with Crippen molar-refractivity contribution in [3.8, 4) is 33.5 Å². The third kappa shape index (κ3) is 8.11. The maximum atomic E-state index is 11.2. The number of allylic oxidation sites excluding steroid dienone is 2. The van der Waals surface area contributed by atoms with Gasteiger partial charge in [-0.3, -0.25) is 4.79 Å². The molecule has 0 saturated heterocycles. The van der Waals surface area contributed by atoms with Gasteiger partial charge in [0, 0.05) is 45.2 Å². The van der Waals surface area contributed by atoms with Crippen LogP contribution in [0.1, 0.15) is 92.2 Å². The van der Waals surface area contributed by atoms with Crippen molar-refractivity contribution in [2.24, 2.45) is 11.8 Å². The summed E-state index contributed by atoms with van der Waals surface area (Å²) in [5, 5.41) is 11.8. The SMILES string of the molecule is CC(C)CC(=O)/C=C(\O)CC(C)C.CC(C)c1c[c-]c2c(c1)-c1ccccc1-c1cc(C(C)(C)C)cc3ccnc-2c13.[Ir]. The molecule has 4 heteroatoms. The number of hydrogen-bond donors (Lipinski definition) is 1. The molecule has 1 heterocycles. The van der Waals surface area contributed by atoms with E-state index >= 15 is 0 Å². The van der Waals surface area contributed by atoms with Gasteiger partial charge in [-0.25, -0.2) is 0 Å². The number of hydrogen-bond acceptors (Lipinski definition) is 3. The average Bonchev–Trinajstić information content (AvgIpc) is 3.01. The third-order valence-corrected chi connectivity index (χ3v) is 7.66. The molecule has 229 valence electrons. The first-order valence-electron chi connectivity index (χ1n) is 15.3. The van der Waals surface area contributed by atoms with Gasteiger partial charge in [0.1, 0.15) is 0 Å². The first-order valence-corrected chi connectivity index (χ1v) is 15.3. The van der Waals surface area contributed by atoms with Gasteiger partial charge in [-0.1, -0.05) is 116 Å². The summed E-state index contributed by atoms with van der Waals surface area (Å²) in [6.45, 7) is 19.3. The number of aliphatic hydroxyl groups is 1. The second-order valence-corrected chi connectivity index (χ2v) is 13.8. The number of pyridine rings is 1. The van der Waals surface area contributed by atoms with Crippen molar-refractivity contribution in [3.05, 3.63) is 89.8 Å². The monoisotopic (exact) mass is 753 g/mol. The first kappa shape index (κ1) is 34.4. The summed E-state index contributed by atoms with van der Waals surface area (Å²) in [6.07, 6.45) is 4.41. The molecule has 1 aliphatic carbocycles. The minimum atomic E-state index is 0. The third-order valence-electron chi connectivity index (χ3n) is 7.66. The minimum Gasteiger partial charge on any atom is -0.512 e. The number of fused-ring (bicyclic) bond motifs is 5. The molecule has 1 N–H and O–H groups in total. The van der Waals surface area contributed by atoms with Crippen molar-refractivity contribution < 1.29 is 30.0 Å². The summed E-state index contributed by atoms with van der Waals surface area (Å²) in [7, 11) is 0. The van der Waals surface area contributed by atoms with Crippen LogP contribution in [0.3, 0.4) is 0 Å². The molecule has 3 nitrogen and oxygen atoms in total. The van der Waals surface area contributed by atoms with Crippen LogP contribution in [-0.2, 0) is 30.3 Å². The molecule has 1 aromatic heterocycles. The van der Waals surface area contributed by atoms with Crippen LogP contribution in [-0.4, -0.2) is 15.9 Å². The van der Waals surface area contributed by atoms with E-state index in [1.807, 2.05) is 33.9 Å². The summed E-state index contributed by atoms with van der Waals surface area (Å²) in [6, 6.07) is 23.7. The van der Waals surface area contributed by atoms with Crippen LogP contribution in [0.4, 0.5) is 0 Å². The zero-order valence-corrected chi connectivity index (χ0v) is 29.5. The van der Waals surface area contributed by atoms with Crippen LogP contribution in [0, 0.1) is 17.9 Å². The van der Waals surface area contributed by atoms with E-state index in [1.165, 1.54) is 50.2 Å². The van der Waals surface area contributed by atoms with Gasteiger partial charge in [-0.05, 0) is 56.5 Å². The van der Waals surface area contributed by atoms with Gasteiger partial charge < -0.3 is 10.1 Å². The normalized spacial score (nSPS) is 12.3. The van der Waals surface area contributed by atoms with Crippen LogP contribution < -0.4 is 0 Å². The van der Waals surface area contributed by atoms with E-state index in [9.17, 15) is 9.90 Å². The van der Waals surface area contributed by atoms with Crippen LogP contribution >= 0.6 is 0 Å². The predicted octanol–water partition coefficient (Wildman–Crippen LogP) is 10.9. The molecule has 0 spiro atoms. The van der Waals surface area contributed by atoms with Gasteiger partial charge in [-0.2, -0.15) is 0 Å². The van der Waals surface area contributed by atoms with Crippen molar-refractivity contribution in [3.63, 3.8) is 0 Å². The molecular weight excluding hydrogens is 707 g/mol. The van der Waals surface area contributed by atoms with Crippen molar-refractivity contribution >= 4 is 16.6 Å². The number of nitrogens with zero attached hydrogens (tertiary/aromatic N) is 1. The molecule has 3 aromatic carbocycles. The topological polar surface area (TPSA) is 50.2 Å². The van der Waals surface area contributed by atoms with Crippen LogP contribution in [0.2, 0.25) is 0 Å². The molecule has 4 aromatic rings. The quantitative estimate of drug-likeness (QED) is 0.107. The Hall–Kier alpha value is -3.07. The van der Waals surface area contributed by atoms with E-state index in [-0.39, 0.29) is 37.1 Å². The molecule has 0 saturated carbocycles. The summed E-state index contributed by atoms with van der Waals surface area (Å²) >= 11 is 0. The Bertz CT molecular complexity index is 1620. The predicted molar refractivity (Wildman–Crippen MR) is 178 cm³/mol. The van der Waals surface area contributed by atoms with E-state index < -0.39 is 0 Å². The van der Waals surface area contributed by atoms with E-state index in [4.69, 9.17) is 4.98 Å². The van der Waals surface area contributed by atoms with Crippen molar-refractivity contribution in [1.82, 2.24) is 4.98 Å². The fourth-order valence-electron chi connectivity index (χ4n) is 5.48. The molecular formula is C39H46IrNO2-. The number of benzene rings is 3. The number of aromatic nitrogens is 1. The van der Waals surface area contributed by atoms with Gasteiger partial charge in [0.2, 0.25) is 0 Å². The molecule has 0 unspecified atom stereocenters. The Morgan fingerprint density at radius 1 is 0.884 bits per heavy atom. The van der Waals surface area contributed by atoms with Gasteiger partial charge in [0.15, 0.2) is 5.78 Å². The molecule has 5 rings (SSSR count). The minimum absolute atomic E-state index is 0. The molecule has 1 radical (unpaired) electrons. The Labute approximate surface area is 272 Å². The zero-order chi connectivity index (χ0) is 30.8. The first-order chi connectivity index (χ1) is 19.8. The number of carbonyl (C=O) groups excluding carboxylic acids is 1. The van der Waals surface area contributed by atoms with E-state index in [0.29, 0.717) is 30.6 Å². The standard InChI is InChI=1S/C28H26N.C11H20O2.Ir/c1-17(2)18-10-11-23-24(15-18)21-8-6-7-9-22(21)25-16-20(28(3,4)5)14-19-12-13-29-27(23)26(19)25;1-8(2)5-10(12)7-11(13)6-9(3)4;/h6-10,12-17H,1-5H3;7-9,12H,5-6H2,1-4H3;/q-1;;/b;10-7-;.